The summed E-state index contributed by atoms with van der Waals surface area (Å²) in [6, 6.07) is 4.62. The summed E-state index contributed by atoms with van der Waals surface area (Å²) in [5.41, 5.74) is 6.22. The van der Waals surface area contributed by atoms with Gasteiger partial charge in [-0.3, -0.25) is 0 Å². The van der Waals surface area contributed by atoms with Gasteiger partial charge in [-0.1, -0.05) is 13.8 Å². The SMILES string of the molecule is CCC(CC)Oc1cc(F)cc(CN)c1. The number of nitrogens with two attached hydrogens (primary N) is 1. The van der Waals surface area contributed by atoms with Crippen molar-refractivity contribution >= 4 is 0 Å². The third kappa shape index (κ3) is 3.51. The normalized spacial score (nSPS) is 10.7. The molecule has 0 fully saturated rings. The summed E-state index contributed by atoms with van der Waals surface area (Å²) in [7, 11) is 0. The Morgan fingerprint density at radius 1 is 1.27 bits per heavy atom. The van der Waals surface area contributed by atoms with Crippen LogP contribution in [0.15, 0.2) is 18.2 Å². The molecule has 0 atom stereocenters. The lowest BCUT2D eigenvalue weighted by atomic mass is 10.2. The Morgan fingerprint density at radius 2 is 1.93 bits per heavy atom. The molecule has 0 bridgehead atoms. The fourth-order valence-electron chi connectivity index (χ4n) is 1.45. The molecule has 15 heavy (non-hydrogen) atoms. The van der Waals surface area contributed by atoms with Gasteiger partial charge in [0.15, 0.2) is 0 Å². The van der Waals surface area contributed by atoms with Crippen LogP contribution in [0.25, 0.3) is 0 Å². The Hall–Kier alpha value is -1.09. The van der Waals surface area contributed by atoms with Crippen LogP contribution in [0.5, 0.6) is 5.75 Å². The van der Waals surface area contributed by atoms with E-state index in [-0.39, 0.29) is 11.9 Å². The maximum absolute atomic E-state index is 13.1. The first-order chi connectivity index (χ1) is 7.19. The fraction of sp³-hybridized carbons (Fsp3) is 0.500. The van der Waals surface area contributed by atoms with E-state index in [1.54, 1.807) is 6.07 Å². The molecule has 0 radical (unpaired) electrons. The lowest BCUT2D eigenvalue weighted by Crippen LogP contribution is -2.14. The molecule has 84 valence electrons. The van der Waals surface area contributed by atoms with Gasteiger partial charge in [-0.05, 0) is 30.5 Å². The largest absolute Gasteiger partial charge is 0.490 e. The summed E-state index contributed by atoms with van der Waals surface area (Å²) in [4.78, 5) is 0. The van der Waals surface area contributed by atoms with E-state index in [4.69, 9.17) is 10.5 Å². The van der Waals surface area contributed by atoms with Crippen molar-refractivity contribution in [3.63, 3.8) is 0 Å². The van der Waals surface area contributed by atoms with Crippen LogP contribution in [0.4, 0.5) is 4.39 Å². The molecule has 2 N–H and O–H groups in total. The van der Waals surface area contributed by atoms with Crippen LogP contribution in [-0.4, -0.2) is 6.10 Å². The van der Waals surface area contributed by atoms with E-state index in [1.807, 2.05) is 0 Å². The molecule has 0 unspecified atom stereocenters. The first kappa shape index (κ1) is 12.0. The molecule has 0 saturated heterocycles. The first-order valence-corrected chi connectivity index (χ1v) is 5.35. The van der Waals surface area contributed by atoms with Crippen molar-refractivity contribution < 1.29 is 9.13 Å². The van der Waals surface area contributed by atoms with Gasteiger partial charge in [0.05, 0.1) is 6.10 Å². The van der Waals surface area contributed by atoms with Gasteiger partial charge in [0, 0.05) is 12.6 Å². The molecule has 0 aliphatic heterocycles. The van der Waals surface area contributed by atoms with Gasteiger partial charge in [-0.15, -0.1) is 0 Å². The van der Waals surface area contributed by atoms with Gasteiger partial charge in [0.25, 0.3) is 0 Å². The second-order valence-corrected chi connectivity index (χ2v) is 3.56. The third-order valence-electron chi connectivity index (χ3n) is 2.38. The van der Waals surface area contributed by atoms with Gasteiger partial charge < -0.3 is 10.5 Å². The van der Waals surface area contributed by atoms with Gasteiger partial charge >= 0.3 is 0 Å². The van der Waals surface area contributed by atoms with Crippen LogP contribution in [0.2, 0.25) is 0 Å². The lowest BCUT2D eigenvalue weighted by molar-refractivity contribution is 0.192. The van der Waals surface area contributed by atoms with Crippen LogP contribution < -0.4 is 10.5 Å². The molecule has 0 spiro atoms. The van der Waals surface area contributed by atoms with Crippen LogP contribution in [0.1, 0.15) is 32.3 Å². The van der Waals surface area contributed by atoms with Crippen molar-refractivity contribution in [2.24, 2.45) is 5.73 Å². The monoisotopic (exact) mass is 211 g/mol. The topological polar surface area (TPSA) is 35.2 Å². The van der Waals surface area contributed by atoms with Crippen molar-refractivity contribution in [3.8, 4) is 5.75 Å². The minimum absolute atomic E-state index is 0.150. The van der Waals surface area contributed by atoms with E-state index < -0.39 is 0 Å². The van der Waals surface area contributed by atoms with Crippen molar-refractivity contribution in [2.45, 2.75) is 39.3 Å². The highest BCUT2D eigenvalue weighted by atomic mass is 19.1. The zero-order valence-corrected chi connectivity index (χ0v) is 9.29. The number of halogens is 1. The van der Waals surface area contributed by atoms with Gasteiger partial charge in [0.2, 0.25) is 0 Å². The van der Waals surface area contributed by atoms with Gasteiger partial charge in [-0.25, -0.2) is 4.39 Å². The van der Waals surface area contributed by atoms with E-state index in [2.05, 4.69) is 13.8 Å². The van der Waals surface area contributed by atoms with E-state index in [0.29, 0.717) is 12.3 Å². The highest BCUT2D eigenvalue weighted by Crippen LogP contribution is 2.19. The van der Waals surface area contributed by atoms with Crippen LogP contribution in [-0.2, 0) is 6.54 Å². The Kier molecular flexibility index (Phi) is 4.56. The first-order valence-electron chi connectivity index (χ1n) is 5.35. The molecule has 0 aromatic heterocycles. The zero-order valence-electron chi connectivity index (χ0n) is 9.29. The second-order valence-electron chi connectivity index (χ2n) is 3.56. The molecule has 2 nitrogen and oxygen atoms in total. The maximum atomic E-state index is 13.1. The molecule has 1 rings (SSSR count). The third-order valence-corrected chi connectivity index (χ3v) is 2.38. The predicted molar refractivity (Wildman–Crippen MR) is 59.3 cm³/mol. The molecule has 1 aromatic rings. The highest BCUT2D eigenvalue weighted by molar-refractivity contribution is 5.29. The Balaban J connectivity index is 2.79. The molecule has 1 aromatic carbocycles. The fourth-order valence-corrected chi connectivity index (χ4v) is 1.45. The van der Waals surface area contributed by atoms with Gasteiger partial charge in [-0.2, -0.15) is 0 Å². The van der Waals surface area contributed by atoms with E-state index >= 15 is 0 Å². The zero-order chi connectivity index (χ0) is 11.3. The Morgan fingerprint density at radius 3 is 2.47 bits per heavy atom. The average Bonchev–Trinajstić information content (AvgIpc) is 2.25. The summed E-state index contributed by atoms with van der Waals surface area (Å²) in [5.74, 6) is 0.281. The standard InChI is InChI=1S/C12H18FNO/c1-3-11(4-2)15-12-6-9(8-14)5-10(13)7-12/h5-7,11H,3-4,8,14H2,1-2H3. The molecule has 0 aliphatic carbocycles. The average molecular weight is 211 g/mol. The van der Waals surface area contributed by atoms with Crippen molar-refractivity contribution in [1.29, 1.82) is 0 Å². The smallest absolute Gasteiger partial charge is 0.127 e. The maximum Gasteiger partial charge on any atom is 0.127 e. The van der Waals surface area contributed by atoms with E-state index in [1.165, 1.54) is 12.1 Å². The Bertz CT molecular complexity index is 310. The van der Waals surface area contributed by atoms with E-state index in [0.717, 1.165) is 18.4 Å². The molecular formula is C12H18FNO. The number of ether oxygens (including phenoxy) is 1. The van der Waals surface area contributed by atoms with Crippen LogP contribution in [0, 0.1) is 5.82 Å². The Labute approximate surface area is 90.2 Å². The number of hydrogen-bond acceptors (Lipinski definition) is 2. The molecule has 0 amide bonds. The molecule has 0 heterocycles. The number of hydrogen-bond donors (Lipinski definition) is 1. The summed E-state index contributed by atoms with van der Waals surface area (Å²) < 4.78 is 18.8. The van der Waals surface area contributed by atoms with E-state index in [9.17, 15) is 4.39 Å². The van der Waals surface area contributed by atoms with Crippen LogP contribution in [0.3, 0.4) is 0 Å². The molecule has 0 saturated carbocycles. The minimum atomic E-state index is -0.293. The molecule has 3 heteroatoms. The summed E-state index contributed by atoms with van der Waals surface area (Å²) in [5, 5.41) is 0. The number of rotatable bonds is 5. The van der Waals surface area contributed by atoms with Crippen molar-refractivity contribution in [1.82, 2.24) is 0 Å². The highest BCUT2D eigenvalue weighted by Gasteiger charge is 2.07. The minimum Gasteiger partial charge on any atom is -0.490 e. The summed E-state index contributed by atoms with van der Waals surface area (Å²) in [6.07, 6.45) is 1.99. The predicted octanol–water partition coefficient (Wildman–Crippen LogP) is 2.85. The summed E-state index contributed by atoms with van der Waals surface area (Å²) in [6.45, 7) is 4.44. The quantitative estimate of drug-likeness (QED) is 0.812. The van der Waals surface area contributed by atoms with Crippen molar-refractivity contribution in [3.05, 3.63) is 29.6 Å². The summed E-state index contributed by atoms with van der Waals surface area (Å²) >= 11 is 0. The van der Waals surface area contributed by atoms with Crippen molar-refractivity contribution in [2.75, 3.05) is 0 Å². The lowest BCUT2D eigenvalue weighted by Gasteiger charge is -2.16. The van der Waals surface area contributed by atoms with Crippen LogP contribution >= 0.6 is 0 Å². The molecule has 0 aliphatic rings. The van der Waals surface area contributed by atoms with Gasteiger partial charge in [0.1, 0.15) is 11.6 Å². The molecular weight excluding hydrogens is 193 g/mol. The second kappa shape index (κ2) is 5.71. The number of benzene rings is 1.